The average molecular weight is 337 g/mol. The molecule has 25 heavy (non-hydrogen) atoms. The zero-order chi connectivity index (χ0) is 17.8. The van der Waals surface area contributed by atoms with Crippen molar-refractivity contribution >= 4 is 23.2 Å². The summed E-state index contributed by atoms with van der Waals surface area (Å²) < 4.78 is 0. The van der Waals surface area contributed by atoms with Crippen molar-refractivity contribution in [1.29, 1.82) is 0 Å². The van der Waals surface area contributed by atoms with E-state index in [0.717, 1.165) is 38.0 Å². The van der Waals surface area contributed by atoms with Crippen LogP contribution in [0.4, 0.5) is 11.4 Å². The van der Waals surface area contributed by atoms with Crippen molar-refractivity contribution in [3.8, 4) is 0 Å². The maximum absolute atomic E-state index is 12.6. The van der Waals surface area contributed by atoms with Crippen LogP contribution in [0.1, 0.15) is 46.0 Å². The van der Waals surface area contributed by atoms with Gasteiger partial charge in [0.25, 0.3) is 5.91 Å². The molecule has 0 atom stereocenters. The molecular weight excluding hydrogens is 314 g/mol. The van der Waals surface area contributed by atoms with Crippen LogP contribution in [0.5, 0.6) is 0 Å². The van der Waals surface area contributed by atoms with E-state index in [1.165, 1.54) is 5.56 Å². The van der Waals surface area contributed by atoms with Crippen molar-refractivity contribution in [2.24, 2.45) is 5.73 Å². The van der Waals surface area contributed by atoms with E-state index in [0.29, 0.717) is 16.8 Å². The van der Waals surface area contributed by atoms with E-state index < -0.39 is 5.91 Å². The highest BCUT2D eigenvalue weighted by atomic mass is 16.2. The molecule has 1 aliphatic heterocycles. The third-order valence-electron chi connectivity index (χ3n) is 4.60. The maximum atomic E-state index is 12.6. The van der Waals surface area contributed by atoms with Crippen molar-refractivity contribution in [3.63, 3.8) is 0 Å². The number of carbonyl (C=O) groups excluding carboxylic acids is 2. The normalized spacial score (nSPS) is 13.7. The second-order valence-corrected chi connectivity index (χ2v) is 6.29. The fourth-order valence-electron chi connectivity index (χ4n) is 3.11. The molecule has 1 aliphatic rings. The van der Waals surface area contributed by atoms with Crippen molar-refractivity contribution in [3.05, 3.63) is 59.2 Å². The Kier molecular flexibility index (Phi) is 5.03. The molecule has 5 heteroatoms. The molecular formula is C20H23N3O2. The molecule has 2 aromatic rings. The lowest BCUT2D eigenvalue weighted by atomic mass is 10.1. The zero-order valence-corrected chi connectivity index (χ0v) is 14.4. The molecule has 0 spiro atoms. The lowest BCUT2D eigenvalue weighted by Crippen LogP contribution is -2.22. The van der Waals surface area contributed by atoms with Gasteiger partial charge in [0.1, 0.15) is 0 Å². The largest absolute Gasteiger partial charge is 0.370 e. The van der Waals surface area contributed by atoms with Crippen LogP contribution in [-0.4, -0.2) is 24.9 Å². The van der Waals surface area contributed by atoms with E-state index in [2.05, 4.69) is 17.1 Å². The molecule has 0 bridgehead atoms. The molecule has 130 valence electrons. The van der Waals surface area contributed by atoms with E-state index >= 15 is 0 Å². The minimum Gasteiger partial charge on any atom is -0.370 e. The molecule has 0 radical (unpaired) electrons. The maximum Gasteiger partial charge on any atom is 0.255 e. The molecule has 0 aromatic heterocycles. The van der Waals surface area contributed by atoms with Crippen LogP contribution < -0.4 is 16.0 Å². The molecule has 2 aromatic carbocycles. The predicted octanol–water partition coefficient (Wildman–Crippen LogP) is 3.20. The molecule has 0 aliphatic carbocycles. The first kappa shape index (κ1) is 17.0. The number of nitrogens with zero attached hydrogens (tertiary/aromatic N) is 1. The number of rotatable bonds is 5. The second kappa shape index (κ2) is 7.38. The van der Waals surface area contributed by atoms with Gasteiger partial charge in [0, 0.05) is 24.2 Å². The highest BCUT2D eigenvalue weighted by molar-refractivity contribution is 6.07. The van der Waals surface area contributed by atoms with Crippen LogP contribution in [-0.2, 0) is 6.42 Å². The number of amides is 2. The molecule has 5 nitrogen and oxygen atoms in total. The molecule has 0 saturated carbocycles. The fourth-order valence-corrected chi connectivity index (χ4v) is 3.11. The molecule has 1 saturated heterocycles. The van der Waals surface area contributed by atoms with Crippen LogP contribution >= 0.6 is 0 Å². The molecule has 1 fully saturated rings. The summed E-state index contributed by atoms with van der Waals surface area (Å²) in [5.74, 6) is -0.694. The van der Waals surface area contributed by atoms with Gasteiger partial charge in [-0.3, -0.25) is 9.59 Å². The van der Waals surface area contributed by atoms with E-state index in [1.54, 1.807) is 12.1 Å². The lowest BCUT2D eigenvalue weighted by molar-refractivity contribution is 0.0996. The van der Waals surface area contributed by atoms with Gasteiger partial charge in [0.05, 0.1) is 11.4 Å². The van der Waals surface area contributed by atoms with Gasteiger partial charge in [0.15, 0.2) is 0 Å². The van der Waals surface area contributed by atoms with E-state index in [9.17, 15) is 9.59 Å². The highest BCUT2D eigenvalue weighted by Crippen LogP contribution is 2.30. The summed E-state index contributed by atoms with van der Waals surface area (Å²) >= 11 is 0. The van der Waals surface area contributed by atoms with E-state index in [4.69, 9.17) is 5.73 Å². The first-order chi connectivity index (χ1) is 12.1. The third kappa shape index (κ3) is 3.82. The first-order valence-corrected chi connectivity index (χ1v) is 8.67. The molecule has 3 N–H and O–H groups in total. The Labute approximate surface area is 147 Å². The Morgan fingerprint density at radius 2 is 1.68 bits per heavy atom. The number of hydrogen-bond donors (Lipinski definition) is 2. The fraction of sp³-hybridized carbons (Fsp3) is 0.300. The average Bonchev–Trinajstić information content (AvgIpc) is 3.16. The summed E-state index contributed by atoms with van der Waals surface area (Å²) in [7, 11) is 0. The van der Waals surface area contributed by atoms with Gasteiger partial charge < -0.3 is 16.0 Å². The minimum absolute atomic E-state index is 0.190. The Morgan fingerprint density at radius 3 is 2.28 bits per heavy atom. The van der Waals surface area contributed by atoms with E-state index in [-0.39, 0.29) is 5.91 Å². The number of nitrogens with two attached hydrogens (primary N) is 1. The Hall–Kier alpha value is -2.82. The molecule has 3 rings (SSSR count). The third-order valence-corrected chi connectivity index (χ3v) is 4.60. The highest BCUT2D eigenvalue weighted by Gasteiger charge is 2.18. The van der Waals surface area contributed by atoms with Gasteiger partial charge in [-0.2, -0.15) is 0 Å². The van der Waals surface area contributed by atoms with Crippen LogP contribution in [0.2, 0.25) is 0 Å². The second-order valence-electron chi connectivity index (χ2n) is 6.29. The van der Waals surface area contributed by atoms with Gasteiger partial charge in [-0.05, 0) is 55.2 Å². The van der Waals surface area contributed by atoms with Crippen molar-refractivity contribution in [1.82, 2.24) is 0 Å². The smallest absolute Gasteiger partial charge is 0.255 e. The van der Waals surface area contributed by atoms with Crippen LogP contribution in [0.15, 0.2) is 42.5 Å². The summed E-state index contributed by atoms with van der Waals surface area (Å²) in [5, 5.41) is 2.95. The summed E-state index contributed by atoms with van der Waals surface area (Å²) in [6, 6.07) is 12.8. The van der Waals surface area contributed by atoms with Crippen molar-refractivity contribution in [2.45, 2.75) is 26.2 Å². The standard InChI is InChI=1S/C20H23N3O2/c1-2-14-5-7-15(8-6-14)20(25)22-17-13-16(19(21)24)9-10-18(17)23-11-3-4-12-23/h5-10,13H,2-4,11-12H2,1H3,(H2,21,24)(H,22,25). The van der Waals surface area contributed by atoms with Gasteiger partial charge in [-0.1, -0.05) is 19.1 Å². The van der Waals surface area contributed by atoms with Crippen molar-refractivity contribution in [2.75, 3.05) is 23.3 Å². The first-order valence-electron chi connectivity index (χ1n) is 8.67. The summed E-state index contributed by atoms with van der Waals surface area (Å²) in [6.45, 7) is 3.97. The lowest BCUT2D eigenvalue weighted by Gasteiger charge is -2.22. The monoisotopic (exact) mass is 337 g/mol. The van der Waals surface area contributed by atoms with Gasteiger partial charge in [0.2, 0.25) is 5.91 Å². The number of aryl methyl sites for hydroxylation is 1. The minimum atomic E-state index is -0.504. The van der Waals surface area contributed by atoms with Gasteiger partial charge in [-0.15, -0.1) is 0 Å². The quantitative estimate of drug-likeness (QED) is 0.880. The summed E-state index contributed by atoms with van der Waals surface area (Å²) in [6.07, 6.45) is 3.19. The number of anilines is 2. The Balaban J connectivity index is 1.88. The van der Waals surface area contributed by atoms with Crippen LogP contribution in [0.25, 0.3) is 0 Å². The zero-order valence-electron chi connectivity index (χ0n) is 14.4. The number of primary amides is 1. The topological polar surface area (TPSA) is 75.4 Å². The Bertz CT molecular complexity index is 778. The summed E-state index contributed by atoms with van der Waals surface area (Å²) in [4.78, 5) is 26.3. The number of nitrogens with one attached hydrogen (secondary N) is 1. The van der Waals surface area contributed by atoms with Crippen LogP contribution in [0.3, 0.4) is 0 Å². The van der Waals surface area contributed by atoms with E-state index in [1.807, 2.05) is 30.3 Å². The number of hydrogen-bond acceptors (Lipinski definition) is 3. The number of carbonyl (C=O) groups is 2. The predicted molar refractivity (Wildman–Crippen MR) is 100 cm³/mol. The van der Waals surface area contributed by atoms with Gasteiger partial charge >= 0.3 is 0 Å². The molecule has 0 unspecified atom stereocenters. The summed E-state index contributed by atoms with van der Waals surface area (Å²) in [5.41, 5.74) is 9.12. The van der Waals surface area contributed by atoms with Gasteiger partial charge in [-0.25, -0.2) is 0 Å². The number of benzene rings is 2. The molecule has 2 amide bonds. The Morgan fingerprint density at radius 1 is 1.04 bits per heavy atom. The SMILES string of the molecule is CCc1ccc(C(=O)Nc2cc(C(N)=O)ccc2N2CCCC2)cc1. The van der Waals surface area contributed by atoms with Crippen molar-refractivity contribution < 1.29 is 9.59 Å². The molecule has 1 heterocycles. The van der Waals surface area contributed by atoms with Crippen LogP contribution in [0, 0.1) is 0 Å².